The summed E-state index contributed by atoms with van der Waals surface area (Å²) in [6.07, 6.45) is 1.38. The quantitative estimate of drug-likeness (QED) is 0.447. The topological polar surface area (TPSA) is 105 Å². The minimum Gasteiger partial charge on any atom is -0.497 e. The molecule has 0 heterocycles. The number of hydrogen-bond donors (Lipinski definition) is 1. The Kier molecular flexibility index (Phi) is 10.4. The van der Waals surface area contributed by atoms with Crippen LogP contribution in [-0.4, -0.2) is 63.2 Å². The van der Waals surface area contributed by atoms with E-state index >= 15 is 0 Å². The third-order valence-corrected chi connectivity index (χ3v) is 6.61. The van der Waals surface area contributed by atoms with Gasteiger partial charge in [-0.05, 0) is 63.9 Å². The highest BCUT2D eigenvalue weighted by Gasteiger charge is 2.33. The van der Waals surface area contributed by atoms with Crippen LogP contribution in [0.15, 0.2) is 48.5 Å². The Morgan fingerprint density at radius 3 is 2.30 bits per heavy atom. The Bertz CT molecular complexity index is 1180. The van der Waals surface area contributed by atoms with Crippen molar-refractivity contribution in [2.24, 2.45) is 0 Å². The number of sulfonamides is 1. The first-order chi connectivity index (χ1) is 17.3. The van der Waals surface area contributed by atoms with Crippen molar-refractivity contribution in [2.45, 2.75) is 59.2 Å². The number of hydrogen-bond acceptors (Lipinski definition) is 6. The molecule has 0 radical (unpaired) electrons. The fraction of sp³-hybridized carbons (Fsp3) is 0.481. The monoisotopic (exact) mass is 533 g/mol. The molecule has 0 aliphatic heterocycles. The van der Waals surface area contributed by atoms with Gasteiger partial charge in [0.1, 0.15) is 24.1 Å². The van der Waals surface area contributed by atoms with Crippen LogP contribution >= 0.6 is 0 Å². The number of carbonyl (C=O) groups excluding carboxylic acids is 2. The first-order valence-corrected chi connectivity index (χ1v) is 14.1. The smallest absolute Gasteiger partial charge is 0.244 e. The summed E-state index contributed by atoms with van der Waals surface area (Å²) >= 11 is 0. The molecule has 2 rings (SSSR count). The van der Waals surface area contributed by atoms with Crippen molar-refractivity contribution in [2.75, 3.05) is 30.8 Å². The summed E-state index contributed by atoms with van der Waals surface area (Å²) in [4.78, 5) is 28.5. The molecule has 1 N–H and O–H groups in total. The van der Waals surface area contributed by atoms with E-state index in [2.05, 4.69) is 5.32 Å². The molecule has 0 aromatic heterocycles. The number of para-hydroxylation sites is 2. The van der Waals surface area contributed by atoms with Gasteiger partial charge in [-0.15, -0.1) is 0 Å². The van der Waals surface area contributed by atoms with E-state index in [9.17, 15) is 18.0 Å². The van der Waals surface area contributed by atoms with Gasteiger partial charge in [0.05, 0.1) is 25.7 Å². The van der Waals surface area contributed by atoms with Gasteiger partial charge in [0, 0.05) is 12.1 Å². The lowest BCUT2D eigenvalue weighted by atomic mass is 10.1. The van der Waals surface area contributed by atoms with Crippen molar-refractivity contribution in [3.05, 3.63) is 54.1 Å². The van der Waals surface area contributed by atoms with Crippen LogP contribution in [0.4, 0.5) is 5.69 Å². The third-order valence-electron chi connectivity index (χ3n) is 5.48. The third kappa shape index (κ3) is 8.66. The fourth-order valence-electron chi connectivity index (χ4n) is 3.88. The summed E-state index contributed by atoms with van der Waals surface area (Å²) in [7, 11) is -2.32. The molecule has 0 aliphatic rings. The average molecular weight is 534 g/mol. The standard InChI is InChI=1S/C27H39N3O6S/c1-8-22(26(32)28-27(3,4)5)29(18-20-13-12-14-21(17-20)35-6)25(31)19-30(37(7,33)34)23-15-10-11-16-24(23)36-9-2/h10-17,22H,8-9,18-19H2,1-7H3,(H,28,32)/t22-/m1/s1. The van der Waals surface area contributed by atoms with Crippen LogP contribution in [0.1, 0.15) is 46.6 Å². The van der Waals surface area contributed by atoms with Crippen LogP contribution in [0.3, 0.4) is 0 Å². The van der Waals surface area contributed by atoms with Crippen molar-refractivity contribution in [3.63, 3.8) is 0 Å². The Balaban J connectivity index is 2.52. The van der Waals surface area contributed by atoms with Crippen molar-refractivity contribution in [1.82, 2.24) is 10.2 Å². The molecule has 0 saturated carbocycles. The maximum Gasteiger partial charge on any atom is 0.244 e. The lowest BCUT2D eigenvalue weighted by molar-refractivity contribution is -0.141. The van der Waals surface area contributed by atoms with Crippen molar-refractivity contribution >= 4 is 27.5 Å². The van der Waals surface area contributed by atoms with E-state index in [0.717, 1.165) is 16.1 Å². The number of rotatable bonds is 12. The Morgan fingerprint density at radius 2 is 1.73 bits per heavy atom. The van der Waals surface area contributed by atoms with Crippen molar-refractivity contribution in [3.8, 4) is 11.5 Å². The second kappa shape index (κ2) is 12.8. The van der Waals surface area contributed by atoms with Crippen LogP contribution in [-0.2, 0) is 26.2 Å². The van der Waals surface area contributed by atoms with E-state index in [-0.39, 0.29) is 18.1 Å². The number of nitrogens with one attached hydrogen (secondary N) is 1. The van der Waals surface area contributed by atoms with Crippen LogP contribution in [0.5, 0.6) is 11.5 Å². The number of carbonyl (C=O) groups is 2. The molecule has 2 amide bonds. The maximum atomic E-state index is 13.8. The van der Waals surface area contributed by atoms with Crippen LogP contribution in [0, 0.1) is 0 Å². The van der Waals surface area contributed by atoms with Gasteiger partial charge >= 0.3 is 0 Å². The van der Waals surface area contributed by atoms with E-state index in [4.69, 9.17) is 9.47 Å². The summed E-state index contributed by atoms with van der Waals surface area (Å²) in [6.45, 7) is 9.13. The van der Waals surface area contributed by atoms with E-state index in [0.29, 0.717) is 24.5 Å². The number of anilines is 1. The second-order valence-electron chi connectivity index (χ2n) is 9.71. The average Bonchev–Trinajstić information content (AvgIpc) is 2.81. The first kappa shape index (κ1) is 30.0. The molecule has 2 aromatic rings. The van der Waals surface area contributed by atoms with E-state index in [1.165, 1.54) is 4.90 Å². The summed E-state index contributed by atoms with van der Waals surface area (Å²) in [5, 5.41) is 2.95. The molecular weight excluding hydrogens is 494 g/mol. The number of methoxy groups -OCH3 is 1. The lowest BCUT2D eigenvalue weighted by Crippen LogP contribution is -2.55. The molecule has 204 valence electrons. The predicted molar refractivity (Wildman–Crippen MR) is 145 cm³/mol. The Hall–Kier alpha value is -3.27. The highest BCUT2D eigenvalue weighted by atomic mass is 32.2. The molecule has 0 saturated heterocycles. The van der Waals surface area contributed by atoms with Crippen LogP contribution < -0.4 is 19.1 Å². The number of benzene rings is 2. The molecular formula is C27H39N3O6S. The SMILES string of the molecule is CCOc1ccccc1N(CC(=O)N(Cc1cccc(OC)c1)[C@H](CC)C(=O)NC(C)(C)C)S(C)(=O)=O. The molecule has 1 atom stereocenters. The molecule has 37 heavy (non-hydrogen) atoms. The van der Waals surface area contributed by atoms with Crippen LogP contribution in [0.25, 0.3) is 0 Å². The van der Waals surface area contributed by atoms with Gasteiger partial charge in [-0.1, -0.05) is 31.2 Å². The van der Waals surface area contributed by atoms with Gasteiger partial charge in [-0.2, -0.15) is 0 Å². The van der Waals surface area contributed by atoms with Gasteiger partial charge in [0.2, 0.25) is 21.8 Å². The summed E-state index contributed by atoms with van der Waals surface area (Å²) in [5.41, 5.74) is 0.494. The molecule has 0 fully saturated rings. The highest BCUT2D eigenvalue weighted by Crippen LogP contribution is 2.30. The zero-order chi connectivity index (χ0) is 27.8. The number of nitrogens with zero attached hydrogens (tertiary/aromatic N) is 2. The second-order valence-corrected chi connectivity index (χ2v) is 11.6. The molecule has 2 aromatic carbocycles. The zero-order valence-corrected chi connectivity index (χ0v) is 23.6. The summed E-state index contributed by atoms with van der Waals surface area (Å²) in [5.74, 6) is 0.128. The van der Waals surface area contributed by atoms with Gasteiger partial charge in [-0.25, -0.2) is 8.42 Å². The molecule has 0 aliphatic carbocycles. The summed E-state index contributed by atoms with van der Waals surface area (Å²) in [6, 6.07) is 13.0. The molecule has 10 heteroatoms. The molecule has 9 nitrogen and oxygen atoms in total. The number of ether oxygens (including phenoxy) is 2. The summed E-state index contributed by atoms with van der Waals surface area (Å²) < 4.78 is 37.7. The Labute approximate surface area is 220 Å². The Morgan fingerprint density at radius 1 is 1.05 bits per heavy atom. The fourth-order valence-corrected chi connectivity index (χ4v) is 4.73. The predicted octanol–water partition coefficient (Wildman–Crippen LogP) is 3.58. The van der Waals surface area contributed by atoms with E-state index < -0.39 is 34.1 Å². The molecule has 0 spiro atoms. The lowest BCUT2D eigenvalue weighted by Gasteiger charge is -2.34. The van der Waals surface area contributed by atoms with E-state index in [1.54, 1.807) is 56.5 Å². The highest BCUT2D eigenvalue weighted by molar-refractivity contribution is 7.92. The minimum atomic E-state index is -3.87. The van der Waals surface area contributed by atoms with Crippen LogP contribution in [0.2, 0.25) is 0 Å². The van der Waals surface area contributed by atoms with Crippen molar-refractivity contribution < 1.29 is 27.5 Å². The van der Waals surface area contributed by atoms with Crippen molar-refractivity contribution in [1.29, 1.82) is 0 Å². The normalized spacial score (nSPS) is 12.4. The molecule has 0 unspecified atom stereocenters. The molecule has 0 bridgehead atoms. The van der Waals surface area contributed by atoms with Gasteiger partial charge in [0.15, 0.2) is 0 Å². The van der Waals surface area contributed by atoms with Gasteiger partial charge < -0.3 is 19.7 Å². The zero-order valence-electron chi connectivity index (χ0n) is 22.8. The minimum absolute atomic E-state index is 0.0941. The largest absolute Gasteiger partial charge is 0.497 e. The van der Waals surface area contributed by atoms with E-state index in [1.807, 2.05) is 33.8 Å². The van der Waals surface area contributed by atoms with Gasteiger partial charge in [-0.3, -0.25) is 13.9 Å². The van der Waals surface area contributed by atoms with Gasteiger partial charge in [0.25, 0.3) is 0 Å². The maximum absolute atomic E-state index is 13.8. The first-order valence-electron chi connectivity index (χ1n) is 12.2. The number of amides is 2.